The number of hydrogen-bond donors (Lipinski definition) is 0. The van der Waals surface area contributed by atoms with Crippen molar-refractivity contribution >= 4 is 17.4 Å². The lowest BCUT2D eigenvalue weighted by atomic mass is 10.2. The van der Waals surface area contributed by atoms with Crippen LogP contribution in [-0.2, 0) is 17.8 Å². The Morgan fingerprint density at radius 3 is 2.59 bits per heavy atom. The average Bonchev–Trinajstić information content (AvgIpc) is 3.40. The maximum atomic E-state index is 12.8. The third-order valence-corrected chi connectivity index (χ3v) is 5.13. The van der Waals surface area contributed by atoms with E-state index < -0.39 is 0 Å². The van der Waals surface area contributed by atoms with Crippen LogP contribution in [0.1, 0.15) is 22.7 Å². The molecular formula is C21H19N5O3. The van der Waals surface area contributed by atoms with Crippen molar-refractivity contribution in [2.24, 2.45) is 0 Å². The maximum absolute atomic E-state index is 12.8. The van der Waals surface area contributed by atoms with Crippen LogP contribution in [0.3, 0.4) is 0 Å². The number of rotatable bonds is 4. The van der Waals surface area contributed by atoms with E-state index in [1.54, 1.807) is 12.0 Å². The molecule has 0 atom stereocenters. The quantitative estimate of drug-likeness (QED) is 0.533. The fourth-order valence-electron chi connectivity index (χ4n) is 3.67. The molecule has 4 aromatic rings. The Morgan fingerprint density at radius 2 is 1.90 bits per heavy atom. The molecule has 0 bridgehead atoms. The number of carbonyl (C=O) groups is 1. The van der Waals surface area contributed by atoms with Gasteiger partial charge in [0, 0.05) is 5.56 Å². The Balaban J connectivity index is 1.64. The van der Waals surface area contributed by atoms with Crippen molar-refractivity contribution in [1.29, 1.82) is 0 Å². The van der Waals surface area contributed by atoms with Gasteiger partial charge in [-0.3, -0.25) is 14.1 Å². The molecule has 29 heavy (non-hydrogen) atoms. The Kier molecular flexibility index (Phi) is 3.87. The van der Waals surface area contributed by atoms with Crippen LogP contribution in [-0.4, -0.2) is 32.6 Å². The van der Waals surface area contributed by atoms with Crippen molar-refractivity contribution in [3.63, 3.8) is 0 Å². The van der Waals surface area contributed by atoms with E-state index in [9.17, 15) is 4.79 Å². The number of aryl methyl sites for hydroxylation is 2. The lowest BCUT2D eigenvalue weighted by Crippen LogP contribution is -2.26. The molecule has 1 amide bonds. The minimum atomic E-state index is -0.0151. The first-order chi connectivity index (χ1) is 14.0. The number of nitrogens with zero attached hydrogens (tertiary/aromatic N) is 5. The van der Waals surface area contributed by atoms with Crippen LogP contribution in [0.15, 0.2) is 40.8 Å². The molecule has 1 aromatic carbocycles. The third-order valence-electron chi connectivity index (χ3n) is 5.13. The monoisotopic (exact) mass is 389 g/mol. The summed E-state index contributed by atoms with van der Waals surface area (Å²) in [7, 11) is 1.63. The van der Waals surface area contributed by atoms with E-state index in [4.69, 9.17) is 14.1 Å². The number of anilines is 1. The van der Waals surface area contributed by atoms with Gasteiger partial charge in [0.1, 0.15) is 23.2 Å². The third kappa shape index (κ3) is 2.75. The van der Waals surface area contributed by atoms with Gasteiger partial charge in [-0.2, -0.15) is 0 Å². The molecule has 0 radical (unpaired) electrons. The zero-order chi connectivity index (χ0) is 20.1. The number of amides is 1. The second-order valence-electron chi connectivity index (χ2n) is 7.06. The molecule has 8 nitrogen and oxygen atoms in total. The highest BCUT2D eigenvalue weighted by molar-refractivity contribution is 6.02. The largest absolute Gasteiger partial charge is 0.497 e. The predicted octanol–water partition coefficient (Wildman–Crippen LogP) is 3.10. The van der Waals surface area contributed by atoms with Crippen LogP contribution in [0.2, 0.25) is 0 Å². The van der Waals surface area contributed by atoms with E-state index in [0.717, 1.165) is 22.6 Å². The van der Waals surface area contributed by atoms with Crippen LogP contribution in [0.25, 0.3) is 17.2 Å². The van der Waals surface area contributed by atoms with Crippen LogP contribution >= 0.6 is 0 Å². The second-order valence-corrected chi connectivity index (χ2v) is 7.06. The Hall–Kier alpha value is -3.68. The van der Waals surface area contributed by atoms with E-state index in [0.29, 0.717) is 35.4 Å². The molecule has 5 rings (SSSR count). The molecule has 0 saturated carbocycles. The molecule has 0 spiro atoms. The van der Waals surface area contributed by atoms with Crippen molar-refractivity contribution in [2.75, 3.05) is 12.0 Å². The van der Waals surface area contributed by atoms with E-state index >= 15 is 0 Å². The number of aromatic nitrogens is 4. The normalized spacial score (nSPS) is 13.3. The highest BCUT2D eigenvalue weighted by atomic mass is 16.5. The van der Waals surface area contributed by atoms with E-state index in [1.165, 1.54) is 0 Å². The fourth-order valence-corrected chi connectivity index (χ4v) is 3.67. The van der Waals surface area contributed by atoms with Gasteiger partial charge in [0.25, 0.3) is 0 Å². The van der Waals surface area contributed by atoms with Gasteiger partial charge in [-0.1, -0.05) is 12.1 Å². The number of methoxy groups -OCH3 is 1. The number of benzene rings is 1. The fraction of sp³-hybridized carbons (Fsp3) is 0.238. The standard InChI is InChI=1S/C21H19N5O3/c1-12-4-9-17(29-12)21-22-19-16(20-24-23-13(2)26(20)21)10-18(27)25(19)11-14-5-7-15(28-3)8-6-14/h4-9H,10-11H2,1-3H3. The molecule has 4 heterocycles. The van der Waals surface area contributed by atoms with Gasteiger partial charge in [0.05, 0.1) is 20.1 Å². The molecule has 0 aliphatic carbocycles. The first kappa shape index (κ1) is 17.4. The van der Waals surface area contributed by atoms with E-state index in [-0.39, 0.29) is 12.3 Å². The smallest absolute Gasteiger partial charge is 0.233 e. The summed E-state index contributed by atoms with van der Waals surface area (Å²) in [6, 6.07) is 11.4. The number of fused-ring (bicyclic) bond motifs is 3. The van der Waals surface area contributed by atoms with Crippen LogP contribution in [0, 0.1) is 13.8 Å². The van der Waals surface area contributed by atoms with Gasteiger partial charge < -0.3 is 9.15 Å². The van der Waals surface area contributed by atoms with Crippen molar-refractivity contribution in [3.05, 3.63) is 59.1 Å². The van der Waals surface area contributed by atoms with Crippen molar-refractivity contribution in [1.82, 2.24) is 19.6 Å². The molecule has 1 aliphatic rings. The molecule has 0 fully saturated rings. The number of ether oxygens (including phenoxy) is 1. The average molecular weight is 389 g/mol. The van der Waals surface area contributed by atoms with Gasteiger partial charge in [-0.15, -0.1) is 10.2 Å². The summed E-state index contributed by atoms with van der Waals surface area (Å²) in [5.41, 5.74) is 2.42. The van der Waals surface area contributed by atoms with Gasteiger partial charge in [0.15, 0.2) is 17.2 Å². The molecule has 1 aliphatic heterocycles. The Bertz CT molecular complexity index is 1240. The van der Waals surface area contributed by atoms with Gasteiger partial charge in [-0.05, 0) is 43.7 Å². The van der Waals surface area contributed by atoms with Crippen LogP contribution in [0.4, 0.5) is 5.82 Å². The second kappa shape index (κ2) is 6.44. The summed E-state index contributed by atoms with van der Waals surface area (Å²) in [4.78, 5) is 19.4. The molecule has 0 unspecified atom stereocenters. The summed E-state index contributed by atoms with van der Waals surface area (Å²) in [5.74, 6) is 4.04. The first-order valence-electron chi connectivity index (χ1n) is 9.30. The topological polar surface area (TPSA) is 85.8 Å². The summed E-state index contributed by atoms with van der Waals surface area (Å²) in [5, 5.41) is 8.52. The highest BCUT2D eigenvalue weighted by Gasteiger charge is 2.34. The molecule has 8 heteroatoms. The molecule has 3 aromatic heterocycles. The molecule has 146 valence electrons. The molecular weight excluding hydrogens is 370 g/mol. The minimum Gasteiger partial charge on any atom is -0.497 e. The summed E-state index contributed by atoms with van der Waals surface area (Å²) < 4.78 is 12.9. The van der Waals surface area contributed by atoms with Gasteiger partial charge in [0.2, 0.25) is 5.91 Å². The van der Waals surface area contributed by atoms with Gasteiger partial charge in [-0.25, -0.2) is 4.98 Å². The van der Waals surface area contributed by atoms with Crippen LogP contribution < -0.4 is 9.64 Å². The first-order valence-corrected chi connectivity index (χ1v) is 9.30. The molecule has 0 saturated heterocycles. The summed E-state index contributed by atoms with van der Waals surface area (Å²) in [6.07, 6.45) is 0.248. The van der Waals surface area contributed by atoms with E-state index in [1.807, 2.05) is 54.6 Å². The Morgan fingerprint density at radius 1 is 1.10 bits per heavy atom. The number of hydrogen-bond acceptors (Lipinski definition) is 6. The lowest BCUT2D eigenvalue weighted by Gasteiger charge is -2.17. The molecule has 0 N–H and O–H groups in total. The van der Waals surface area contributed by atoms with Crippen LogP contribution in [0.5, 0.6) is 5.75 Å². The van der Waals surface area contributed by atoms with E-state index in [2.05, 4.69) is 10.2 Å². The maximum Gasteiger partial charge on any atom is 0.233 e. The lowest BCUT2D eigenvalue weighted by molar-refractivity contribution is -0.117. The van der Waals surface area contributed by atoms with Crippen molar-refractivity contribution in [2.45, 2.75) is 26.8 Å². The van der Waals surface area contributed by atoms with Gasteiger partial charge >= 0.3 is 0 Å². The zero-order valence-corrected chi connectivity index (χ0v) is 16.3. The SMILES string of the molecule is COc1ccc(CN2C(=O)Cc3c2nc(-c2ccc(C)o2)n2c(C)nnc32)cc1. The number of furan rings is 1. The summed E-state index contributed by atoms with van der Waals surface area (Å²) in [6.45, 7) is 4.16. The predicted molar refractivity (Wildman–Crippen MR) is 106 cm³/mol. The highest BCUT2D eigenvalue weighted by Crippen LogP contribution is 2.35. The van der Waals surface area contributed by atoms with Crippen molar-refractivity contribution < 1.29 is 13.9 Å². The zero-order valence-electron chi connectivity index (χ0n) is 16.3. The Labute approximate surface area is 166 Å². The minimum absolute atomic E-state index is 0.0151. The van der Waals surface area contributed by atoms with Crippen molar-refractivity contribution in [3.8, 4) is 17.3 Å². The summed E-state index contributed by atoms with van der Waals surface area (Å²) >= 11 is 0. The number of carbonyl (C=O) groups excluding carboxylic acids is 1.